The lowest BCUT2D eigenvalue weighted by Gasteiger charge is -2.19. The van der Waals surface area contributed by atoms with E-state index in [0.29, 0.717) is 16.7 Å². The van der Waals surface area contributed by atoms with Gasteiger partial charge in [0.25, 0.3) is 16.0 Å². The minimum absolute atomic E-state index is 0.0385. The van der Waals surface area contributed by atoms with Crippen LogP contribution in [0.25, 0.3) is 17.2 Å². The van der Waals surface area contributed by atoms with Crippen LogP contribution in [0.3, 0.4) is 0 Å². The molecule has 0 saturated carbocycles. The Balaban J connectivity index is 1.59. The topological polar surface area (TPSA) is 113 Å². The second-order valence-corrected chi connectivity index (χ2v) is 14.2. The van der Waals surface area contributed by atoms with Crippen LogP contribution in [0.1, 0.15) is 59.3 Å². The molecule has 7 nitrogen and oxygen atoms in total. The summed E-state index contributed by atoms with van der Waals surface area (Å²) in [5, 5.41) is 4.93. The average Bonchev–Trinajstić information content (AvgIpc) is 3.01. The molecule has 0 bridgehead atoms. The molecule has 0 spiro atoms. The molecule has 0 fully saturated rings. The van der Waals surface area contributed by atoms with Crippen LogP contribution in [-0.4, -0.2) is 37.1 Å². The lowest BCUT2D eigenvalue weighted by atomic mass is 9.89. The first kappa shape index (κ1) is 36.1. The highest BCUT2D eigenvalue weighted by molar-refractivity contribution is 7.85. The second-order valence-electron chi connectivity index (χ2n) is 12.6. The Labute approximate surface area is 278 Å². The molecule has 0 heterocycles. The molecule has 252 valence electrons. The summed E-state index contributed by atoms with van der Waals surface area (Å²) in [7, 11) is -4.23. The van der Waals surface area contributed by atoms with E-state index >= 15 is 8.78 Å². The third-order valence-electron chi connectivity index (χ3n) is 7.53. The van der Waals surface area contributed by atoms with Crippen molar-refractivity contribution in [3.63, 3.8) is 0 Å². The Hall–Kier alpha value is -4.74. The zero-order valence-electron chi connectivity index (χ0n) is 27.0. The van der Waals surface area contributed by atoms with Crippen LogP contribution >= 0.6 is 0 Å². The summed E-state index contributed by atoms with van der Waals surface area (Å²) in [6.07, 6.45) is 4.16. The number of rotatable bonds is 11. The van der Waals surface area contributed by atoms with Crippen molar-refractivity contribution in [3.8, 4) is 11.1 Å². The van der Waals surface area contributed by atoms with Gasteiger partial charge in [-0.2, -0.15) is 8.42 Å². The summed E-state index contributed by atoms with van der Waals surface area (Å²) in [6, 6.07) is 19.4. The van der Waals surface area contributed by atoms with Gasteiger partial charge in [0.15, 0.2) is 0 Å². The lowest BCUT2D eigenvalue weighted by molar-refractivity contribution is -0.117. The van der Waals surface area contributed by atoms with E-state index < -0.39 is 51.1 Å². The number of carbonyl (C=O) groups excluding carboxylic acids is 2. The minimum atomic E-state index is -4.23. The first-order chi connectivity index (χ1) is 22.5. The summed E-state index contributed by atoms with van der Waals surface area (Å²) in [4.78, 5) is 26.1. The minimum Gasteiger partial charge on any atom is -0.351 e. The third kappa shape index (κ3) is 10.1. The number of nitrogens with one attached hydrogen (secondary N) is 2. The van der Waals surface area contributed by atoms with Gasteiger partial charge >= 0.3 is 0 Å². The molecule has 1 atom stereocenters. The number of aryl methyl sites for hydroxylation is 1. The number of hydrogen-bond donors (Lipinski definition) is 3. The van der Waals surface area contributed by atoms with Crippen molar-refractivity contribution in [1.29, 1.82) is 0 Å². The molecular weight excluding hydrogens is 641 g/mol. The van der Waals surface area contributed by atoms with Gasteiger partial charge in [-0.1, -0.05) is 81.5 Å². The van der Waals surface area contributed by atoms with Crippen LogP contribution in [0, 0.1) is 29.8 Å². The van der Waals surface area contributed by atoms with Gasteiger partial charge in [-0.25, -0.2) is 13.2 Å². The molecule has 11 heteroatoms. The number of carbonyl (C=O) groups is 2. The van der Waals surface area contributed by atoms with Gasteiger partial charge in [0.05, 0.1) is 17.4 Å². The molecule has 0 aromatic heterocycles. The fourth-order valence-electron chi connectivity index (χ4n) is 4.82. The first-order valence-corrected chi connectivity index (χ1v) is 16.8. The predicted molar refractivity (Wildman–Crippen MR) is 182 cm³/mol. The summed E-state index contributed by atoms with van der Waals surface area (Å²) in [6.45, 7) is 7.49. The number of anilines is 1. The normalized spacial score (nSPS) is 12.6. The van der Waals surface area contributed by atoms with Crippen molar-refractivity contribution in [2.24, 2.45) is 5.41 Å². The monoisotopic (exact) mass is 678 g/mol. The molecule has 0 saturated heterocycles. The van der Waals surface area contributed by atoms with E-state index in [1.54, 1.807) is 31.2 Å². The van der Waals surface area contributed by atoms with Crippen LogP contribution < -0.4 is 10.6 Å². The number of benzene rings is 4. The standard InChI is InChI=1S/C37H37F3N2O5S/c1-23-5-10-28(20-31(23)38)29-21-33(40)34(22-32(29)39)42-36(44)30(26-11-6-24(7-12-26)15-16-37(2,3)4)19-25-8-13-27(14-9-25)35(43)41-17-18-48(45,46)47/h5-16,20-22,30H,17-19H2,1-4H3,(H,41,43)(H,42,44)(H,45,46,47)/b16-15+. The largest absolute Gasteiger partial charge is 0.351 e. The highest BCUT2D eigenvalue weighted by Crippen LogP contribution is 2.31. The first-order valence-electron chi connectivity index (χ1n) is 15.2. The Morgan fingerprint density at radius 2 is 1.54 bits per heavy atom. The van der Waals surface area contributed by atoms with E-state index in [1.807, 2.05) is 18.2 Å². The highest BCUT2D eigenvalue weighted by atomic mass is 32.2. The molecule has 2 amide bonds. The lowest BCUT2D eigenvalue weighted by Crippen LogP contribution is -2.28. The van der Waals surface area contributed by atoms with Gasteiger partial charge in [0.1, 0.15) is 17.5 Å². The molecule has 0 aliphatic carbocycles. The van der Waals surface area contributed by atoms with Crippen molar-refractivity contribution in [2.45, 2.75) is 40.0 Å². The van der Waals surface area contributed by atoms with E-state index in [1.165, 1.54) is 24.3 Å². The number of amides is 2. The van der Waals surface area contributed by atoms with Crippen molar-refractivity contribution < 1.29 is 35.7 Å². The van der Waals surface area contributed by atoms with Gasteiger partial charge < -0.3 is 10.6 Å². The highest BCUT2D eigenvalue weighted by Gasteiger charge is 2.24. The van der Waals surface area contributed by atoms with E-state index in [9.17, 15) is 22.4 Å². The number of allylic oxidation sites excluding steroid dienone is 1. The zero-order chi connectivity index (χ0) is 35.2. The van der Waals surface area contributed by atoms with Crippen LogP contribution in [0.15, 0.2) is 84.9 Å². The predicted octanol–water partition coefficient (Wildman–Crippen LogP) is 7.72. The molecule has 0 aliphatic heterocycles. The number of hydrogen-bond acceptors (Lipinski definition) is 4. The van der Waals surface area contributed by atoms with Crippen molar-refractivity contribution in [2.75, 3.05) is 17.6 Å². The van der Waals surface area contributed by atoms with Gasteiger partial charge in [0, 0.05) is 23.7 Å². The fraction of sp³-hybridized carbons (Fsp3) is 0.243. The smallest absolute Gasteiger partial charge is 0.266 e. The molecule has 3 N–H and O–H groups in total. The summed E-state index contributed by atoms with van der Waals surface area (Å²) >= 11 is 0. The van der Waals surface area contributed by atoms with Gasteiger partial charge in [0.2, 0.25) is 5.91 Å². The summed E-state index contributed by atoms with van der Waals surface area (Å²) < 4.78 is 75.3. The molecular formula is C37H37F3N2O5S. The van der Waals surface area contributed by atoms with Gasteiger partial charge in [-0.05, 0) is 70.8 Å². The maximum Gasteiger partial charge on any atom is 0.266 e. The quantitative estimate of drug-likeness (QED) is 0.141. The number of halogens is 3. The molecule has 0 aliphatic rings. The van der Waals surface area contributed by atoms with E-state index in [2.05, 4.69) is 37.5 Å². The SMILES string of the molecule is Cc1ccc(-c2cc(F)c(NC(=O)C(Cc3ccc(C(=O)NCCS(=O)(=O)O)cc3)c3ccc(/C=C/C(C)(C)C)cc3)cc2F)cc1F. The molecule has 48 heavy (non-hydrogen) atoms. The molecule has 4 aromatic carbocycles. The second kappa shape index (κ2) is 15.0. The van der Waals surface area contributed by atoms with E-state index in [0.717, 1.165) is 23.8 Å². The fourth-order valence-corrected chi connectivity index (χ4v) is 5.18. The Bertz CT molecular complexity index is 1940. The maximum absolute atomic E-state index is 15.3. The summed E-state index contributed by atoms with van der Waals surface area (Å²) in [5.41, 5.74) is 2.36. The van der Waals surface area contributed by atoms with Crippen LogP contribution in [0.4, 0.5) is 18.9 Å². The van der Waals surface area contributed by atoms with E-state index in [4.69, 9.17) is 4.55 Å². The van der Waals surface area contributed by atoms with Gasteiger partial charge in [-0.15, -0.1) is 0 Å². The van der Waals surface area contributed by atoms with Crippen molar-refractivity contribution >= 4 is 33.7 Å². The Morgan fingerprint density at radius 1 is 0.875 bits per heavy atom. The van der Waals surface area contributed by atoms with Crippen LogP contribution in [-0.2, 0) is 21.3 Å². The van der Waals surface area contributed by atoms with Crippen LogP contribution in [0.2, 0.25) is 0 Å². The molecule has 4 rings (SSSR count). The van der Waals surface area contributed by atoms with E-state index in [-0.39, 0.29) is 40.8 Å². The van der Waals surface area contributed by atoms with Crippen LogP contribution in [0.5, 0.6) is 0 Å². The van der Waals surface area contributed by atoms with Crippen molar-refractivity contribution in [1.82, 2.24) is 5.32 Å². The third-order valence-corrected chi connectivity index (χ3v) is 8.25. The van der Waals surface area contributed by atoms with Gasteiger partial charge in [-0.3, -0.25) is 14.1 Å². The summed E-state index contributed by atoms with van der Waals surface area (Å²) in [5.74, 6) is -4.93. The molecule has 1 unspecified atom stereocenters. The van der Waals surface area contributed by atoms with Crippen molar-refractivity contribution in [3.05, 3.63) is 130 Å². The Morgan fingerprint density at radius 3 is 2.15 bits per heavy atom. The average molecular weight is 679 g/mol. The Kier molecular flexibility index (Phi) is 11.3. The molecule has 4 aromatic rings. The molecule has 0 radical (unpaired) electrons. The maximum atomic E-state index is 15.3. The zero-order valence-corrected chi connectivity index (χ0v) is 27.8.